The molecule has 0 aromatic heterocycles. The Morgan fingerprint density at radius 3 is 2.35 bits per heavy atom. The van der Waals surface area contributed by atoms with Crippen LogP contribution in [-0.4, -0.2) is 19.6 Å². The van der Waals surface area contributed by atoms with Crippen LogP contribution < -0.4 is 15.6 Å². The molecule has 0 bridgehead atoms. The Hall–Kier alpha value is -0.900. The summed E-state index contributed by atoms with van der Waals surface area (Å²) in [4.78, 5) is 13.8. The van der Waals surface area contributed by atoms with Crippen molar-refractivity contribution in [3.8, 4) is 0 Å². The van der Waals surface area contributed by atoms with Gasteiger partial charge in [-0.05, 0) is 20.3 Å². The fourth-order valence-electron chi connectivity index (χ4n) is 1.97. The predicted octanol–water partition coefficient (Wildman–Crippen LogP) is 3.10. The summed E-state index contributed by atoms with van der Waals surface area (Å²) in [6, 6.07) is 0. The van der Waals surface area contributed by atoms with E-state index in [1.807, 2.05) is 0 Å². The number of hydrogen-bond donors (Lipinski definition) is 1. The van der Waals surface area contributed by atoms with E-state index >= 15 is 0 Å². The lowest BCUT2D eigenvalue weighted by molar-refractivity contribution is 0.742. The lowest BCUT2D eigenvalue weighted by Crippen LogP contribution is -2.31. The number of nitrogens with zero attached hydrogens (tertiary/aromatic N) is 1. The maximum absolute atomic E-state index is 11.7. The highest BCUT2D eigenvalue weighted by Crippen LogP contribution is 2.27. The number of anilines is 2. The summed E-state index contributed by atoms with van der Waals surface area (Å²) in [6.07, 6.45) is 3.49. The van der Waals surface area contributed by atoms with Gasteiger partial charge in [0.2, 0.25) is 5.43 Å². The van der Waals surface area contributed by atoms with Crippen LogP contribution in [0.25, 0.3) is 0 Å². The standard InChI is InChI=1S/C13H22N2OS/c1-4-7-8-9-14-10-11(13(17)12(10)16)15(5-2)6-3/h14H,4-9H2,1-3H3. The van der Waals surface area contributed by atoms with Crippen LogP contribution in [0.15, 0.2) is 4.79 Å². The van der Waals surface area contributed by atoms with Crippen molar-refractivity contribution in [1.29, 1.82) is 0 Å². The molecular weight excluding hydrogens is 232 g/mol. The minimum atomic E-state index is 0.0124. The van der Waals surface area contributed by atoms with Crippen LogP contribution in [0.4, 0.5) is 11.4 Å². The fourth-order valence-corrected chi connectivity index (χ4v) is 2.31. The second kappa shape index (κ2) is 6.74. The van der Waals surface area contributed by atoms with E-state index in [4.69, 9.17) is 12.2 Å². The topological polar surface area (TPSA) is 32.3 Å². The van der Waals surface area contributed by atoms with Crippen LogP contribution >= 0.6 is 12.2 Å². The maximum Gasteiger partial charge on any atom is 0.223 e. The molecule has 0 radical (unpaired) electrons. The van der Waals surface area contributed by atoms with Gasteiger partial charge in [-0.1, -0.05) is 32.0 Å². The summed E-state index contributed by atoms with van der Waals surface area (Å²) in [6.45, 7) is 8.97. The van der Waals surface area contributed by atoms with E-state index in [0.717, 1.165) is 37.4 Å². The summed E-state index contributed by atoms with van der Waals surface area (Å²) >= 11 is 5.13. The first kappa shape index (κ1) is 14.2. The fraction of sp³-hybridized carbons (Fsp3) is 0.692. The number of nitrogens with one attached hydrogen (secondary N) is 1. The van der Waals surface area contributed by atoms with Gasteiger partial charge in [0.15, 0.2) is 0 Å². The lowest BCUT2D eigenvalue weighted by Gasteiger charge is -2.26. The molecule has 0 spiro atoms. The average Bonchev–Trinajstić information content (AvgIpc) is 2.36. The van der Waals surface area contributed by atoms with Gasteiger partial charge in [0.1, 0.15) is 10.2 Å². The van der Waals surface area contributed by atoms with Gasteiger partial charge >= 0.3 is 0 Å². The average molecular weight is 254 g/mol. The van der Waals surface area contributed by atoms with Crippen molar-refractivity contribution in [2.24, 2.45) is 0 Å². The lowest BCUT2D eigenvalue weighted by atomic mass is 10.1. The Kier molecular flexibility index (Phi) is 5.62. The van der Waals surface area contributed by atoms with Gasteiger partial charge in [0.05, 0.1) is 5.69 Å². The highest BCUT2D eigenvalue weighted by Gasteiger charge is 2.20. The maximum atomic E-state index is 11.7. The molecule has 0 aliphatic rings. The van der Waals surface area contributed by atoms with E-state index in [-0.39, 0.29) is 5.43 Å². The van der Waals surface area contributed by atoms with Crippen molar-refractivity contribution in [2.75, 3.05) is 29.9 Å². The molecule has 0 heterocycles. The van der Waals surface area contributed by atoms with E-state index in [1.54, 1.807) is 0 Å². The molecule has 0 fully saturated rings. The van der Waals surface area contributed by atoms with Crippen LogP contribution in [0, 0.1) is 4.51 Å². The Morgan fingerprint density at radius 2 is 1.82 bits per heavy atom. The van der Waals surface area contributed by atoms with Gasteiger partial charge in [-0.3, -0.25) is 4.79 Å². The third-order valence-electron chi connectivity index (χ3n) is 3.05. The van der Waals surface area contributed by atoms with E-state index in [2.05, 4.69) is 31.0 Å². The number of unbranched alkanes of at least 4 members (excludes halogenated alkanes) is 2. The van der Waals surface area contributed by atoms with E-state index in [0.29, 0.717) is 4.51 Å². The van der Waals surface area contributed by atoms with Crippen LogP contribution in [0.1, 0.15) is 40.0 Å². The second-order valence-corrected chi connectivity index (χ2v) is 4.60. The van der Waals surface area contributed by atoms with Crippen LogP contribution in [0.5, 0.6) is 0 Å². The van der Waals surface area contributed by atoms with Gasteiger partial charge in [0, 0.05) is 19.6 Å². The van der Waals surface area contributed by atoms with Crippen molar-refractivity contribution in [1.82, 2.24) is 0 Å². The van der Waals surface area contributed by atoms with Crippen molar-refractivity contribution >= 4 is 23.6 Å². The molecule has 0 aliphatic heterocycles. The molecule has 0 unspecified atom stereocenters. The molecule has 4 heteroatoms. The summed E-state index contributed by atoms with van der Waals surface area (Å²) < 4.78 is 0.492. The molecule has 0 amide bonds. The van der Waals surface area contributed by atoms with Crippen molar-refractivity contribution in [2.45, 2.75) is 40.0 Å². The van der Waals surface area contributed by atoms with Crippen molar-refractivity contribution in [3.63, 3.8) is 0 Å². The Morgan fingerprint density at radius 1 is 1.18 bits per heavy atom. The summed E-state index contributed by atoms with van der Waals surface area (Å²) in [7, 11) is 0. The van der Waals surface area contributed by atoms with Gasteiger partial charge in [-0.2, -0.15) is 0 Å². The SMILES string of the molecule is CCCCCNc1c(N(CC)CC)c(=S)c1=O. The van der Waals surface area contributed by atoms with Crippen molar-refractivity contribution in [3.05, 3.63) is 14.7 Å². The zero-order valence-corrected chi connectivity index (χ0v) is 11.8. The summed E-state index contributed by atoms with van der Waals surface area (Å²) in [5, 5.41) is 3.23. The van der Waals surface area contributed by atoms with Crippen LogP contribution in [0.2, 0.25) is 0 Å². The van der Waals surface area contributed by atoms with Crippen molar-refractivity contribution < 1.29 is 0 Å². The highest BCUT2D eigenvalue weighted by atomic mass is 32.1. The summed E-state index contributed by atoms with van der Waals surface area (Å²) in [5.74, 6) is 0. The van der Waals surface area contributed by atoms with E-state index in [9.17, 15) is 4.79 Å². The van der Waals surface area contributed by atoms with Gasteiger partial charge in [0.25, 0.3) is 0 Å². The van der Waals surface area contributed by atoms with Gasteiger partial charge in [-0.15, -0.1) is 0 Å². The second-order valence-electron chi connectivity index (χ2n) is 4.19. The molecule has 0 aliphatic carbocycles. The summed E-state index contributed by atoms with van der Waals surface area (Å²) in [5.41, 5.74) is 1.69. The monoisotopic (exact) mass is 254 g/mol. The Bertz CT molecular complexity index is 417. The first-order chi connectivity index (χ1) is 8.17. The first-order valence-electron chi connectivity index (χ1n) is 6.49. The number of rotatable bonds is 8. The minimum absolute atomic E-state index is 0.0124. The minimum Gasteiger partial charge on any atom is -0.380 e. The molecule has 1 aromatic rings. The molecule has 1 N–H and O–H groups in total. The molecule has 17 heavy (non-hydrogen) atoms. The molecule has 96 valence electrons. The third-order valence-corrected chi connectivity index (χ3v) is 3.43. The van der Waals surface area contributed by atoms with E-state index in [1.165, 1.54) is 12.8 Å². The smallest absolute Gasteiger partial charge is 0.223 e. The zero-order chi connectivity index (χ0) is 12.8. The first-order valence-corrected chi connectivity index (χ1v) is 6.90. The van der Waals surface area contributed by atoms with E-state index < -0.39 is 0 Å². The normalized spacial score (nSPS) is 10.8. The molecule has 0 saturated heterocycles. The molecule has 0 atom stereocenters. The molecule has 0 saturated carbocycles. The van der Waals surface area contributed by atoms with Gasteiger partial charge < -0.3 is 10.2 Å². The third kappa shape index (κ3) is 3.06. The molecular formula is C13H22N2OS. The quantitative estimate of drug-likeness (QED) is 0.571. The van der Waals surface area contributed by atoms with Crippen LogP contribution in [-0.2, 0) is 0 Å². The molecule has 1 aromatic carbocycles. The molecule has 1 rings (SSSR count). The highest BCUT2D eigenvalue weighted by molar-refractivity contribution is 7.71. The Balaban J connectivity index is 2.69. The largest absolute Gasteiger partial charge is 0.380 e. The Labute approximate surface area is 109 Å². The van der Waals surface area contributed by atoms with Gasteiger partial charge in [-0.25, -0.2) is 0 Å². The predicted molar refractivity (Wildman–Crippen MR) is 77.5 cm³/mol. The molecule has 3 nitrogen and oxygen atoms in total. The number of hydrogen-bond acceptors (Lipinski definition) is 4. The zero-order valence-electron chi connectivity index (χ0n) is 11.0. The van der Waals surface area contributed by atoms with Crippen LogP contribution in [0.3, 0.4) is 0 Å².